The van der Waals surface area contributed by atoms with Gasteiger partial charge in [-0.1, -0.05) is 0 Å². The minimum atomic E-state index is -0.435. The maximum absolute atomic E-state index is 11.1. The van der Waals surface area contributed by atoms with E-state index in [1.54, 1.807) is 13.2 Å². The zero-order valence-corrected chi connectivity index (χ0v) is 8.84. The van der Waals surface area contributed by atoms with Crippen LogP contribution in [0, 0.1) is 28.6 Å². The van der Waals surface area contributed by atoms with Crippen molar-refractivity contribution >= 4 is 5.82 Å². The highest BCUT2D eigenvalue weighted by Crippen LogP contribution is 2.14. The Hall–Kier alpha value is -2.34. The second kappa shape index (κ2) is 4.94. The van der Waals surface area contributed by atoms with Crippen LogP contribution in [-0.2, 0) is 13.5 Å². The summed E-state index contributed by atoms with van der Waals surface area (Å²) in [5.74, 6) is -0.298. The summed E-state index contributed by atoms with van der Waals surface area (Å²) >= 11 is 0. The van der Waals surface area contributed by atoms with Crippen molar-refractivity contribution in [1.29, 1.82) is 10.5 Å². The zero-order chi connectivity index (χ0) is 12.1. The Balaban J connectivity index is 2.98. The van der Waals surface area contributed by atoms with E-state index in [9.17, 15) is 4.79 Å². The van der Waals surface area contributed by atoms with Crippen LogP contribution in [-0.4, -0.2) is 9.55 Å². The molecule has 0 fully saturated rings. The van der Waals surface area contributed by atoms with Crippen molar-refractivity contribution in [3.05, 3.63) is 22.2 Å². The molecule has 0 saturated carbocycles. The van der Waals surface area contributed by atoms with Crippen LogP contribution in [0.15, 0.2) is 11.0 Å². The number of nitrogen functional groups attached to an aromatic ring is 1. The van der Waals surface area contributed by atoms with Crippen molar-refractivity contribution in [2.75, 3.05) is 5.73 Å². The molecule has 0 radical (unpaired) electrons. The topological polar surface area (TPSA) is 108 Å². The van der Waals surface area contributed by atoms with E-state index in [4.69, 9.17) is 16.3 Å². The summed E-state index contributed by atoms with van der Waals surface area (Å²) in [6.45, 7) is 0. The van der Waals surface area contributed by atoms with E-state index in [-0.39, 0.29) is 12.2 Å². The maximum Gasteiger partial charge on any atom is 0.349 e. The van der Waals surface area contributed by atoms with Gasteiger partial charge in [0.2, 0.25) is 0 Å². The molecule has 1 atom stereocenters. The molecule has 0 saturated heterocycles. The molecular weight excluding hydrogens is 206 g/mol. The Morgan fingerprint density at radius 2 is 2.31 bits per heavy atom. The monoisotopic (exact) mass is 217 g/mol. The number of hydrogen-bond acceptors (Lipinski definition) is 5. The van der Waals surface area contributed by atoms with Gasteiger partial charge in [0.1, 0.15) is 5.82 Å². The molecule has 0 bridgehead atoms. The Bertz CT molecular complexity index is 519. The summed E-state index contributed by atoms with van der Waals surface area (Å²) in [5, 5.41) is 17.3. The summed E-state index contributed by atoms with van der Waals surface area (Å²) in [5.41, 5.74) is 5.75. The first kappa shape index (κ1) is 11.7. The number of hydrogen-bond donors (Lipinski definition) is 1. The molecule has 0 amide bonds. The Kier molecular flexibility index (Phi) is 3.62. The zero-order valence-electron chi connectivity index (χ0n) is 8.84. The molecule has 1 heterocycles. The van der Waals surface area contributed by atoms with Crippen LogP contribution in [0.4, 0.5) is 5.82 Å². The summed E-state index contributed by atoms with van der Waals surface area (Å²) < 4.78 is 1.30. The van der Waals surface area contributed by atoms with E-state index in [1.165, 1.54) is 4.57 Å². The normalized spacial score (nSPS) is 11.4. The molecule has 1 aromatic rings. The summed E-state index contributed by atoms with van der Waals surface area (Å²) in [6, 6.07) is 3.95. The van der Waals surface area contributed by atoms with Crippen molar-refractivity contribution in [3.63, 3.8) is 0 Å². The minimum absolute atomic E-state index is 0.126. The van der Waals surface area contributed by atoms with Crippen LogP contribution in [0.3, 0.4) is 0 Å². The molecule has 1 aromatic heterocycles. The first-order chi connectivity index (χ1) is 7.58. The number of rotatable bonds is 3. The van der Waals surface area contributed by atoms with Crippen molar-refractivity contribution in [1.82, 2.24) is 9.55 Å². The molecule has 0 aromatic carbocycles. The van der Waals surface area contributed by atoms with Crippen LogP contribution in [0.1, 0.15) is 12.0 Å². The Morgan fingerprint density at radius 1 is 1.62 bits per heavy atom. The molecule has 0 aliphatic rings. The number of nitrogens with two attached hydrogens (primary N) is 1. The molecule has 6 nitrogen and oxygen atoms in total. The van der Waals surface area contributed by atoms with Gasteiger partial charge in [0, 0.05) is 18.8 Å². The van der Waals surface area contributed by atoms with Gasteiger partial charge < -0.3 is 10.3 Å². The number of aromatic nitrogens is 2. The van der Waals surface area contributed by atoms with E-state index < -0.39 is 11.6 Å². The van der Waals surface area contributed by atoms with Crippen LogP contribution < -0.4 is 11.4 Å². The van der Waals surface area contributed by atoms with Crippen molar-refractivity contribution < 1.29 is 0 Å². The predicted molar refractivity (Wildman–Crippen MR) is 56.9 cm³/mol. The molecule has 0 aliphatic heterocycles. The summed E-state index contributed by atoms with van der Waals surface area (Å²) in [6.07, 6.45) is 2.02. The molecule has 0 aliphatic carbocycles. The lowest BCUT2D eigenvalue weighted by atomic mass is 9.99. The van der Waals surface area contributed by atoms with Crippen molar-refractivity contribution in [2.45, 2.75) is 12.8 Å². The van der Waals surface area contributed by atoms with Gasteiger partial charge >= 0.3 is 5.69 Å². The van der Waals surface area contributed by atoms with Gasteiger partial charge in [-0.05, 0) is 6.42 Å². The van der Waals surface area contributed by atoms with Gasteiger partial charge in [0.25, 0.3) is 0 Å². The summed E-state index contributed by atoms with van der Waals surface area (Å²) in [4.78, 5) is 14.7. The maximum atomic E-state index is 11.1. The lowest BCUT2D eigenvalue weighted by Gasteiger charge is -2.08. The largest absolute Gasteiger partial charge is 0.383 e. The molecule has 1 rings (SSSR count). The molecular formula is C10H11N5O. The molecule has 6 heteroatoms. The van der Waals surface area contributed by atoms with Crippen LogP contribution in [0.5, 0.6) is 0 Å². The first-order valence-electron chi connectivity index (χ1n) is 4.67. The number of aryl methyl sites for hydroxylation is 1. The fraction of sp³-hybridized carbons (Fsp3) is 0.400. The smallest absolute Gasteiger partial charge is 0.349 e. The van der Waals surface area contributed by atoms with Gasteiger partial charge in [-0.3, -0.25) is 0 Å². The number of anilines is 1. The average molecular weight is 217 g/mol. The van der Waals surface area contributed by atoms with E-state index >= 15 is 0 Å². The minimum Gasteiger partial charge on any atom is -0.383 e. The molecule has 16 heavy (non-hydrogen) atoms. The Labute approximate surface area is 92.6 Å². The number of nitriles is 2. The standard InChI is InChI=1S/C10H11N5O/c1-15-6-8(9(13)14-10(15)16)4-7(5-12)2-3-11/h6-7H,2,4H2,1H3,(H2,13,14,16). The van der Waals surface area contributed by atoms with Crippen LogP contribution >= 0.6 is 0 Å². The molecule has 0 spiro atoms. The van der Waals surface area contributed by atoms with Crippen LogP contribution in [0.2, 0.25) is 0 Å². The quantitative estimate of drug-likeness (QED) is 0.763. The van der Waals surface area contributed by atoms with E-state index in [2.05, 4.69) is 4.98 Å². The highest BCUT2D eigenvalue weighted by Gasteiger charge is 2.12. The van der Waals surface area contributed by atoms with E-state index in [0.717, 1.165) is 0 Å². The fourth-order valence-electron chi connectivity index (χ4n) is 1.31. The first-order valence-corrected chi connectivity index (χ1v) is 4.67. The highest BCUT2D eigenvalue weighted by atomic mass is 16.1. The fourth-order valence-corrected chi connectivity index (χ4v) is 1.31. The van der Waals surface area contributed by atoms with Crippen molar-refractivity contribution in [2.24, 2.45) is 13.0 Å². The number of nitrogens with zero attached hydrogens (tertiary/aromatic N) is 4. The predicted octanol–water partition coefficient (Wildman–Crippen LogP) is -0.0415. The summed E-state index contributed by atoms with van der Waals surface area (Å²) in [7, 11) is 1.56. The second-order valence-electron chi connectivity index (χ2n) is 3.44. The lowest BCUT2D eigenvalue weighted by Crippen LogP contribution is -2.22. The molecule has 1 unspecified atom stereocenters. The third-order valence-electron chi connectivity index (χ3n) is 2.18. The van der Waals surface area contributed by atoms with Crippen molar-refractivity contribution in [3.8, 4) is 12.1 Å². The molecule has 2 N–H and O–H groups in total. The van der Waals surface area contributed by atoms with Gasteiger partial charge in [-0.25, -0.2) is 4.79 Å². The van der Waals surface area contributed by atoms with E-state index in [1.807, 2.05) is 12.1 Å². The highest BCUT2D eigenvalue weighted by molar-refractivity contribution is 5.37. The van der Waals surface area contributed by atoms with E-state index in [0.29, 0.717) is 12.0 Å². The Morgan fingerprint density at radius 3 is 2.88 bits per heavy atom. The van der Waals surface area contributed by atoms with Gasteiger partial charge in [-0.2, -0.15) is 15.5 Å². The SMILES string of the molecule is Cn1cc(CC(C#N)CC#N)c(N)nc1=O. The van der Waals surface area contributed by atoms with Gasteiger partial charge in [0.05, 0.1) is 24.5 Å². The van der Waals surface area contributed by atoms with Gasteiger partial charge in [0.15, 0.2) is 0 Å². The average Bonchev–Trinajstić information content (AvgIpc) is 2.25. The lowest BCUT2D eigenvalue weighted by molar-refractivity contribution is 0.667. The van der Waals surface area contributed by atoms with Gasteiger partial charge in [-0.15, -0.1) is 0 Å². The second-order valence-corrected chi connectivity index (χ2v) is 3.44. The third-order valence-corrected chi connectivity index (χ3v) is 2.18. The third kappa shape index (κ3) is 2.58. The molecule has 82 valence electrons. The van der Waals surface area contributed by atoms with Crippen LogP contribution in [0.25, 0.3) is 0 Å².